The summed E-state index contributed by atoms with van der Waals surface area (Å²) < 4.78 is 28.2. The van der Waals surface area contributed by atoms with Gasteiger partial charge in [-0.05, 0) is 56.5 Å². The van der Waals surface area contributed by atoms with Gasteiger partial charge in [-0.2, -0.15) is 0 Å². The molecule has 1 fully saturated rings. The second kappa shape index (κ2) is 8.35. The molecule has 0 bridgehead atoms. The molecule has 0 heterocycles. The van der Waals surface area contributed by atoms with E-state index in [9.17, 15) is 13.2 Å². The van der Waals surface area contributed by atoms with E-state index in [1.54, 1.807) is 29.2 Å². The van der Waals surface area contributed by atoms with Crippen LogP contribution in [-0.2, 0) is 10.0 Å². The molecular formula is C22H28N2O3S. The highest BCUT2D eigenvalue weighted by Gasteiger charge is 2.25. The number of nitrogens with one attached hydrogen (secondary N) is 1. The second-order valence-electron chi connectivity index (χ2n) is 7.66. The summed E-state index contributed by atoms with van der Waals surface area (Å²) in [7, 11) is -1.95. The molecule has 1 N–H and O–H groups in total. The molecule has 0 radical (unpaired) electrons. The maximum atomic E-state index is 13.1. The van der Waals surface area contributed by atoms with Crippen LogP contribution in [0, 0.1) is 13.8 Å². The molecule has 5 nitrogen and oxygen atoms in total. The van der Waals surface area contributed by atoms with Crippen LogP contribution in [0.25, 0.3) is 0 Å². The Morgan fingerprint density at radius 3 is 2.29 bits per heavy atom. The number of aryl methyl sites for hydroxylation is 2. The molecule has 0 spiro atoms. The number of anilines is 1. The van der Waals surface area contributed by atoms with Crippen LogP contribution in [0.15, 0.2) is 47.4 Å². The highest BCUT2D eigenvalue weighted by Crippen LogP contribution is 2.25. The Bertz CT molecular complexity index is 946. The van der Waals surface area contributed by atoms with Gasteiger partial charge in [-0.1, -0.05) is 43.0 Å². The Morgan fingerprint density at radius 1 is 1.00 bits per heavy atom. The van der Waals surface area contributed by atoms with Crippen LogP contribution >= 0.6 is 0 Å². The zero-order valence-corrected chi connectivity index (χ0v) is 17.6. The third kappa shape index (κ3) is 4.55. The van der Waals surface area contributed by atoms with Crippen molar-refractivity contribution in [3.05, 3.63) is 59.2 Å². The molecule has 28 heavy (non-hydrogen) atoms. The van der Waals surface area contributed by atoms with Crippen LogP contribution in [0.5, 0.6) is 0 Å². The third-order valence-corrected chi connectivity index (χ3v) is 6.88. The van der Waals surface area contributed by atoms with Crippen molar-refractivity contribution in [1.82, 2.24) is 4.90 Å². The quantitative estimate of drug-likeness (QED) is 0.803. The molecule has 1 aliphatic carbocycles. The molecule has 0 saturated heterocycles. The van der Waals surface area contributed by atoms with E-state index in [4.69, 9.17) is 0 Å². The smallest absolute Gasteiger partial charge is 0.261 e. The standard InChI is InChI=1S/C22H28N2O3S/c1-16-9-12-18(13-10-16)23-28(26,27)20-14-11-17(2)21(15-20)22(25)24(3)19-7-5-4-6-8-19/h9-15,19,23H,4-8H2,1-3H3. The first-order chi connectivity index (χ1) is 13.3. The van der Waals surface area contributed by atoms with Crippen molar-refractivity contribution in [2.75, 3.05) is 11.8 Å². The summed E-state index contributed by atoms with van der Waals surface area (Å²) in [6, 6.07) is 12.1. The topological polar surface area (TPSA) is 66.5 Å². The summed E-state index contributed by atoms with van der Waals surface area (Å²) in [4.78, 5) is 14.9. The number of rotatable bonds is 5. The predicted molar refractivity (Wildman–Crippen MR) is 112 cm³/mol. The Hall–Kier alpha value is -2.34. The van der Waals surface area contributed by atoms with Gasteiger partial charge in [0.2, 0.25) is 0 Å². The number of carbonyl (C=O) groups is 1. The summed E-state index contributed by atoms with van der Waals surface area (Å²) in [5.41, 5.74) is 2.78. The van der Waals surface area contributed by atoms with Crippen molar-refractivity contribution < 1.29 is 13.2 Å². The minimum absolute atomic E-state index is 0.0964. The zero-order chi connectivity index (χ0) is 20.3. The fourth-order valence-electron chi connectivity index (χ4n) is 3.66. The molecule has 3 rings (SSSR count). The van der Waals surface area contributed by atoms with Gasteiger partial charge in [0.05, 0.1) is 4.90 Å². The van der Waals surface area contributed by atoms with Crippen molar-refractivity contribution in [2.24, 2.45) is 0 Å². The molecule has 1 saturated carbocycles. The summed E-state index contributed by atoms with van der Waals surface area (Å²) in [5, 5.41) is 0. The molecule has 1 amide bonds. The van der Waals surface area contributed by atoms with E-state index in [0.717, 1.165) is 36.8 Å². The molecule has 0 aromatic heterocycles. The highest BCUT2D eigenvalue weighted by molar-refractivity contribution is 7.92. The summed E-state index contributed by atoms with van der Waals surface area (Å²) in [6.07, 6.45) is 5.50. The Kier molecular flexibility index (Phi) is 6.08. The number of amides is 1. The van der Waals surface area contributed by atoms with Gasteiger partial charge in [-0.15, -0.1) is 0 Å². The Balaban J connectivity index is 1.85. The monoisotopic (exact) mass is 400 g/mol. The van der Waals surface area contributed by atoms with Gasteiger partial charge in [-0.25, -0.2) is 8.42 Å². The first-order valence-corrected chi connectivity index (χ1v) is 11.2. The van der Waals surface area contributed by atoms with Crippen molar-refractivity contribution >= 4 is 21.6 Å². The highest BCUT2D eigenvalue weighted by atomic mass is 32.2. The predicted octanol–water partition coefficient (Wildman–Crippen LogP) is 4.51. The van der Waals surface area contributed by atoms with Crippen molar-refractivity contribution in [3.8, 4) is 0 Å². The average Bonchev–Trinajstić information content (AvgIpc) is 2.69. The van der Waals surface area contributed by atoms with E-state index < -0.39 is 10.0 Å². The molecule has 1 aliphatic rings. The normalized spacial score (nSPS) is 15.2. The van der Waals surface area contributed by atoms with E-state index in [-0.39, 0.29) is 16.8 Å². The van der Waals surface area contributed by atoms with Gasteiger partial charge >= 0.3 is 0 Å². The van der Waals surface area contributed by atoms with Crippen LogP contribution in [0.4, 0.5) is 5.69 Å². The van der Waals surface area contributed by atoms with Gasteiger partial charge in [0.25, 0.3) is 15.9 Å². The lowest BCUT2D eigenvalue weighted by atomic mass is 9.94. The van der Waals surface area contributed by atoms with Crippen LogP contribution in [-0.4, -0.2) is 32.3 Å². The molecule has 0 atom stereocenters. The van der Waals surface area contributed by atoms with Crippen molar-refractivity contribution in [3.63, 3.8) is 0 Å². The molecular weight excluding hydrogens is 372 g/mol. The lowest BCUT2D eigenvalue weighted by Crippen LogP contribution is -2.38. The third-order valence-electron chi connectivity index (χ3n) is 5.50. The van der Waals surface area contributed by atoms with Crippen molar-refractivity contribution in [2.45, 2.75) is 56.9 Å². The summed E-state index contributed by atoms with van der Waals surface area (Å²) >= 11 is 0. The van der Waals surface area contributed by atoms with Gasteiger partial charge in [-0.3, -0.25) is 9.52 Å². The minimum Gasteiger partial charge on any atom is -0.339 e. The Labute approximate surface area is 167 Å². The first kappa shape index (κ1) is 20.4. The molecule has 6 heteroatoms. The number of hydrogen-bond acceptors (Lipinski definition) is 3. The largest absolute Gasteiger partial charge is 0.339 e. The molecule has 2 aromatic rings. The lowest BCUT2D eigenvalue weighted by Gasteiger charge is -2.31. The fraction of sp³-hybridized carbons (Fsp3) is 0.409. The number of carbonyl (C=O) groups excluding carboxylic acids is 1. The van der Waals surface area contributed by atoms with Crippen LogP contribution in [0.3, 0.4) is 0 Å². The summed E-state index contributed by atoms with van der Waals surface area (Å²) in [6.45, 7) is 3.78. The number of benzene rings is 2. The van der Waals surface area contributed by atoms with E-state index in [1.165, 1.54) is 12.5 Å². The molecule has 2 aromatic carbocycles. The van der Waals surface area contributed by atoms with Crippen LogP contribution < -0.4 is 4.72 Å². The van der Waals surface area contributed by atoms with Crippen LogP contribution in [0.2, 0.25) is 0 Å². The number of hydrogen-bond donors (Lipinski definition) is 1. The minimum atomic E-state index is -3.77. The van der Waals surface area contributed by atoms with Crippen molar-refractivity contribution in [1.29, 1.82) is 0 Å². The maximum absolute atomic E-state index is 13.1. The molecule has 0 aliphatic heterocycles. The number of nitrogens with zero attached hydrogens (tertiary/aromatic N) is 1. The van der Waals surface area contributed by atoms with Gasteiger partial charge in [0.1, 0.15) is 0 Å². The van der Waals surface area contributed by atoms with E-state index in [0.29, 0.717) is 11.3 Å². The lowest BCUT2D eigenvalue weighted by molar-refractivity contribution is 0.0695. The van der Waals surface area contributed by atoms with Crippen LogP contribution in [0.1, 0.15) is 53.6 Å². The average molecular weight is 401 g/mol. The van der Waals surface area contributed by atoms with E-state index in [1.807, 2.05) is 33.0 Å². The van der Waals surface area contributed by atoms with Gasteiger partial charge < -0.3 is 4.90 Å². The second-order valence-corrected chi connectivity index (χ2v) is 9.34. The fourth-order valence-corrected chi connectivity index (χ4v) is 4.74. The van der Waals surface area contributed by atoms with Gasteiger partial charge in [0.15, 0.2) is 0 Å². The van der Waals surface area contributed by atoms with E-state index >= 15 is 0 Å². The van der Waals surface area contributed by atoms with Gasteiger partial charge in [0, 0.05) is 24.3 Å². The Morgan fingerprint density at radius 2 is 1.64 bits per heavy atom. The maximum Gasteiger partial charge on any atom is 0.261 e. The first-order valence-electron chi connectivity index (χ1n) is 9.75. The summed E-state index contributed by atoms with van der Waals surface area (Å²) in [5.74, 6) is -0.114. The van der Waals surface area contributed by atoms with E-state index in [2.05, 4.69) is 4.72 Å². The molecule has 150 valence electrons. The SMILES string of the molecule is Cc1ccc(NS(=O)(=O)c2ccc(C)c(C(=O)N(C)C3CCCCC3)c2)cc1. The number of sulfonamides is 1. The molecule has 0 unspecified atom stereocenters. The zero-order valence-electron chi connectivity index (χ0n) is 16.7.